The molecule has 38 heavy (non-hydrogen) atoms. The van der Waals surface area contributed by atoms with Gasteiger partial charge in [0.2, 0.25) is 11.8 Å². The number of urea groups is 1. The number of carbonyl (C=O) groups is 4. The van der Waals surface area contributed by atoms with Crippen LogP contribution in [0.2, 0.25) is 0 Å². The lowest BCUT2D eigenvalue weighted by atomic mass is 10.1. The van der Waals surface area contributed by atoms with Crippen LogP contribution in [0.15, 0.2) is 67.3 Å². The SMILES string of the molecule is C=CCN1CC(=O)N2[C@@H](C)C(=O)N(Cc3cccc(C(=O)N(C)C)c3)C[C@@H]2N1C(=O)NCc1ccccc1. The minimum atomic E-state index is -0.747. The highest BCUT2D eigenvalue weighted by Crippen LogP contribution is 2.27. The summed E-state index contributed by atoms with van der Waals surface area (Å²) in [5, 5.41) is 6.15. The van der Waals surface area contributed by atoms with E-state index in [1.165, 1.54) is 14.8 Å². The predicted octanol–water partition coefficient (Wildman–Crippen LogP) is 1.90. The first-order valence-corrected chi connectivity index (χ1v) is 12.6. The lowest BCUT2D eigenvalue weighted by Crippen LogP contribution is -2.75. The standard InChI is InChI=1S/C28H34N6O4/c1-5-14-32-19-25(35)33-20(2)26(36)31(17-22-12-9-13-23(15-22)27(37)30(3)4)18-24(33)34(32)28(38)29-16-21-10-7-6-8-11-21/h5-13,15,20,24H,1,14,16-19H2,2-4H3,(H,29,38)/t20-,24-/m0/s1. The van der Waals surface area contributed by atoms with Crippen LogP contribution in [0.4, 0.5) is 4.79 Å². The number of nitrogens with one attached hydrogen (secondary N) is 1. The molecule has 2 atom stereocenters. The monoisotopic (exact) mass is 518 g/mol. The lowest BCUT2D eigenvalue weighted by molar-refractivity contribution is -0.188. The van der Waals surface area contributed by atoms with E-state index in [9.17, 15) is 19.2 Å². The average molecular weight is 519 g/mol. The van der Waals surface area contributed by atoms with Crippen LogP contribution in [0.1, 0.15) is 28.4 Å². The van der Waals surface area contributed by atoms with E-state index in [0.717, 1.165) is 11.1 Å². The third-order valence-corrected chi connectivity index (χ3v) is 6.77. The Bertz CT molecular complexity index is 1220. The van der Waals surface area contributed by atoms with Crippen molar-refractivity contribution in [3.63, 3.8) is 0 Å². The molecule has 5 amide bonds. The molecule has 0 radical (unpaired) electrons. The van der Waals surface area contributed by atoms with Gasteiger partial charge in [-0.3, -0.25) is 14.4 Å². The van der Waals surface area contributed by atoms with E-state index < -0.39 is 12.2 Å². The van der Waals surface area contributed by atoms with Crippen LogP contribution in [0.3, 0.4) is 0 Å². The second-order valence-corrected chi connectivity index (χ2v) is 9.70. The van der Waals surface area contributed by atoms with Crippen LogP contribution >= 0.6 is 0 Å². The van der Waals surface area contributed by atoms with Crippen LogP contribution in [-0.2, 0) is 22.7 Å². The maximum absolute atomic E-state index is 13.5. The van der Waals surface area contributed by atoms with E-state index in [2.05, 4.69) is 11.9 Å². The fourth-order valence-electron chi connectivity index (χ4n) is 4.94. The number of piperazine rings is 1. The first kappa shape index (κ1) is 26.9. The minimum Gasteiger partial charge on any atom is -0.345 e. The molecule has 2 heterocycles. The maximum atomic E-state index is 13.5. The quantitative estimate of drug-likeness (QED) is 0.565. The summed E-state index contributed by atoms with van der Waals surface area (Å²) in [6, 6.07) is 15.6. The summed E-state index contributed by atoms with van der Waals surface area (Å²) in [4.78, 5) is 57.1. The molecule has 4 rings (SSSR count). The Hall–Kier alpha value is -4.18. The molecule has 10 nitrogen and oxygen atoms in total. The van der Waals surface area contributed by atoms with Crippen molar-refractivity contribution in [3.05, 3.63) is 83.9 Å². The van der Waals surface area contributed by atoms with Crippen molar-refractivity contribution in [2.45, 2.75) is 32.2 Å². The van der Waals surface area contributed by atoms with Crippen LogP contribution in [-0.4, -0.2) is 94.4 Å². The van der Waals surface area contributed by atoms with Gasteiger partial charge in [0, 0.05) is 39.3 Å². The Morgan fingerprint density at radius 1 is 1.08 bits per heavy atom. The first-order chi connectivity index (χ1) is 18.2. The van der Waals surface area contributed by atoms with Crippen molar-refractivity contribution < 1.29 is 19.2 Å². The topological polar surface area (TPSA) is 96.5 Å². The summed E-state index contributed by atoms with van der Waals surface area (Å²) < 4.78 is 0. The first-order valence-electron chi connectivity index (χ1n) is 12.6. The molecule has 200 valence electrons. The summed E-state index contributed by atoms with van der Waals surface area (Å²) in [6.07, 6.45) is 0.953. The van der Waals surface area contributed by atoms with E-state index in [4.69, 9.17) is 0 Å². The molecular formula is C28H34N6O4. The Morgan fingerprint density at radius 2 is 1.79 bits per heavy atom. The van der Waals surface area contributed by atoms with Crippen LogP contribution in [0.25, 0.3) is 0 Å². The maximum Gasteiger partial charge on any atom is 0.334 e. The van der Waals surface area contributed by atoms with Crippen LogP contribution in [0.5, 0.6) is 0 Å². The number of nitrogens with zero attached hydrogens (tertiary/aromatic N) is 5. The van der Waals surface area contributed by atoms with Gasteiger partial charge in [-0.15, -0.1) is 6.58 Å². The van der Waals surface area contributed by atoms with Crippen molar-refractivity contribution in [2.24, 2.45) is 0 Å². The predicted molar refractivity (Wildman–Crippen MR) is 142 cm³/mol. The Labute approximate surface area is 223 Å². The molecule has 2 aliphatic rings. The highest BCUT2D eigenvalue weighted by molar-refractivity contribution is 5.94. The Morgan fingerprint density at radius 3 is 2.47 bits per heavy atom. The van der Waals surface area contributed by atoms with Gasteiger partial charge in [0.05, 0.1) is 13.1 Å². The molecule has 2 aliphatic heterocycles. The van der Waals surface area contributed by atoms with Crippen molar-refractivity contribution in [1.29, 1.82) is 0 Å². The third kappa shape index (κ3) is 5.55. The van der Waals surface area contributed by atoms with E-state index in [-0.39, 0.29) is 43.4 Å². The molecule has 0 bridgehead atoms. The second-order valence-electron chi connectivity index (χ2n) is 9.70. The zero-order chi connectivity index (χ0) is 27.4. The molecule has 1 N–H and O–H groups in total. The Balaban J connectivity index is 1.59. The van der Waals surface area contributed by atoms with Gasteiger partial charge in [0.25, 0.3) is 5.91 Å². The number of hydrogen-bond acceptors (Lipinski definition) is 5. The highest BCUT2D eigenvalue weighted by Gasteiger charge is 2.49. The molecule has 2 saturated heterocycles. The number of hydrogen-bond donors (Lipinski definition) is 1. The van der Waals surface area contributed by atoms with Crippen LogP contribution in [0, 0.1) is 0 Å². The van der Waals surface area contributed by atoms with Gasteiger partial charge in [-0.1, -0.05) is 48.5 Å². The second kappa shape index (κ2) is 11.5. The number of amides is 5. The summed E-state index contributed by atoms with van der Waals surface area (Å²) in [7, 11) is 3.37. The molecule has 2 fully saturated rings. The number of fused-ring (bicyclic) bond motifs is 1. The molecule has 0 spiro atoms. The largest absolute Gasteiger partial charge is 0.345 e. The van der Waals surface area contributed by atoms with E-state index in [0.29, 0.717) is 18.7 Å². The smallest absolute Gasteiger partial charge is 0.334 e. The molecular weight excluding hydrogens is 484 g/mol. The van der Waals surface area contributed by atoms with Crippen molar-refractivity contribution in [3.8, 4) is 0 Å². The summed E-state index contributed by atoms with van der Waals surface area (Å²) >= 11 is 0. The average Bonchev–Trinajstić information content (AvgIpc) is 2.90. The third-order valence-electron chi connectivity index (χ3n) is 6.77. The van der Waals surface area contributed by atoms with Gasteiger partial charge in [-0.25, -0.2) is 14.8 Å². The zero-order valence-corrected chi connectivity index (χ0v) is 22.0. The summed E-state index contributed by atoms with van der Waals surface area (Å²) in [6.45, 7) is 6.44. The molecule has 10 heteroatoms. The van der Waals surface area contributed by atoms with Gasteiger partial charge < -0.3 is 20.0 Å². The summed E-state index contributed by atoms with van der Waals surface area (Å²) in [5.74, 6) is -0.556. The van der Waals surface area contributed by atoms with Crippen molar-refractivity contribution >= 4 is 23.8 Å². The summed E-state index contributed by atoms with van der Waals surface area (Å²) in [5.41, 5.74) is 2.26. The normalized spacial score (nSPS) is 19.7. The fraction of sp³-hybridized carbons (Fsp3) is 0.357. The molecule has 0 aromatic heterocycles. The van der Waals surface area contributed by atoms with Gasteiger partial charge >= 0.3 is 6.03 Å². The van der Waals surface area contributed by atoms with Gasteiger partial charge in [0.1, 0.15) is 12.2 Å². The molecule has 2 aromatic carbocycles. The molecule has 0 saturated carbocycles. The van der Waals surface area contributed by atoms with E-state index >= 15 is 0 Å². The van der Waals surface area contributed by atoms with Gasteiger partial charge in [-0.05, 0) is 30.2 Å². The number of rotatable bonds is 7. The number of carbonyl (C=O) groups excluding carboxylic acids is 4. The van der Waals surface area contributed by atoms with E-state index in [1.54, 1.807) is 55.2 Å². The van der Waals surface area contributed by atoms with Crippen molar-refractivity contribution in [2.75, 3.05) is 33.7 Å². The highest BCUT2D eigenvalue weighted by atomic mass is 16.2. The van der Waals surface area contributed by atoms with Crippen molar-refractivity contribution in [1.82, 2.24) is 30.0 Å². The fourth-order valence-corrected chi connectivity index (χ4v) is 4.94. The zero-order valence-electron chi connectivity index (χ0n) is 22.0. The molecule has 0 aliphatic carbocycles. The molecule has 2 aromatic rings. The Kier molecular flexibility index (Phi) is 8.11. The number of hydrazine groups is 1. The minimum absolute atomic E-state index is 0.0341. The lowest BCUT2D eigenvalue weighted by Gasteiger charge is -2.54. The molecule has 0 unspecified atom stereocenters. The van der Waals surface area contributed by atoms with Crippen LogP contribution < -0.4 is 5.32 Å². The number of benzene rings is 2. The van der Waals surface area contributed by atoms with E-state index in [1.807, 2.05) is 36.4 Å². The van der Waals surface area contributed by atoms with Gasteiger partial charge in [-0.2, -0.15) is 0 Å². The van der Waals surface area contributed by atoms with Gasteiger partial charge in [0.15, 0.2) is 0 Å².